The van der Waals surface area contributed by atoms with Gasteiger partial charge in [-0.1, -0.05) is 23.7 Å². The van der Waals surface area contributed by atoms with E-state index in [9.17, 15) is 9.59 Å². The Kier molecular flexibility index (Phi) is 4.29. The van der Waals surface area contributed by atoms with Gasteiger partial charge in [-0.3, -0.25) is 4.79 Å². The number of carboxylic acids is 1. The molecule has 1 aromatic carbocycles. The number of carboxylic acid groups (broad SMARTS) is 1. The van der Waals surface area contributed by atoms with Crippen LogP contribution in [0, 0.1) is 0 Å². The Labute approximate surface area is 122 Å². The molecule has 0 aromatic heterocycles. The molecular formula is C14H15ClN2O3. The van der Waals surface area contributed by atoms with Crippen LogP contribution < -0.4 is 4.90 Å². The molecule has 0 radical (unpaired) electrons. The fourth-order valence-electron chi connectivity index (χ4n) is 2.11. The Morgan fingerprint density at radius 1 is 1.40 bits per heavy atom. The number of aliphatic carboxylic acids is 1. The van der Waals surface area contributed by atoms with E-state index in [-0.39, 0.29) is 12.5 Å². The number of piperazine rings is 1. The first-order valence-electron chi connectivity index (χ1n) is 6.17. The molecule has 1 amide bonds. The molecule has 1 aromatic rings. The molecule has 106 valence electrons. The molecule has 2 rings (SSSR count). The lowest BCUT2D eigenvalue weighted by Gasteiger charge is -2.34. The van der Waals surface area contributed by atoms with Gasteiger partial charge in [-0.15, -0.1) is 0 Å². The van der Waals surface area contributed by atoms with E-state index in [1.54, 1.807) is 30.1 Å². The third kappa shape index (κ3) is 3.11. The number of para-hydroxylation sites is 1. The minimum Gasteiger partial charge on any atom is -0.478 e. The van der Waals surface area contributed by atoms with Crippen LogP contribution in [0.5, 0.6) is 0 Å². The number of carbonyl (C=O) groups is 2. The first kappa shape index (κ1) is 14.4. The van der Waals surface area contributed by atoms with Crippen LogP contribution in [0.4, 0.5) is 5.69 Å². The first-order valence-corrected chi connectivity index (χ1v) is 6.55. The largest absolute Gasteiger partial charge is 0.478 e. The molecule has 1 aliphatic heterocycles. The maximum atomic E-state index is 11.8. The molecule has 6 heteroatoms. The lowest BCUT2D eigenvalue weighted by Crippen LogP contribution is -2.48. The summed E-state index contributed by atoms with van der Waals surface area (Å²) < 4.78 is 0. The van der Waals surface area contributed by atoms with Crippen LogP contribution in [0.3, 0.4) is 0 Å². The van der Waals surface area contributed by atoms with Gasteiger partial charge in [0, 0.05) is 26.2 Å². The average molecular weight is 295 g/mol. The third-order valence-electron chi connectivity index (χ3n) is 3.20. The van der Waals surface area contributed by atoms with E-state index in [0.717, 1.165) is 6.08 Å². The minimum absolute atomic E-state index is 0.0179. The normalized spacial score (nSPS) is 16.0. The first-order chi connectivity index (χ1) is 9.49. The molecule has 1 saturated heterocycles. The van der Waals surface area contributed by atoms with Crippen molar-refractivity contribution in [3.8, 4) is 0 Å². The minimum atomic E-state index is -1.02. The Morgan fingerprint density at radius 2 is 2.15 bits per heavy atom. The van der Waals surface area contributed by atoms with E-state index in [4.69, 9.17) is 16.7 Å². The highest BCUT2D eigenvalue weighted by molar-refractivity contribution is 6.33. The van der Waals surface area contributed by atoms with E-state index in [0.29, 0.717) is 29.4 Å². The Morgan fingerprint density at radius 3 is 2.80 bits per heavy atom. The van der Waals surface area contributed by atoms with Crippen molar-refractivity contribution in [3.63, 3.8) is 0 Å². The van der Waals surface area contributed by atoms with E-state index >= 15 is 0 Å². The average Bonchev–Trinajstić information content (AvgIpc) is 2.40. The second-order valence-corrected chi connectivity index (χ2v) is 4.99. The molecule has 0 unspecified atom stereocenters. The Balaban J connectivity index is 2.35. The summed E-state index contributed by atoms with van der Waals surface area (Å²) in [6.45, 7) is 1.53. The van der Waals surface area contributed by atoms with Crippen molar-refractivity contribution in [2.75, 3.05) is 31.6 Å². The molecule has 1 aliphatic rings. The number of anilines is 1. The van der Waals surface area contributed by atoms with Crippen molar-refractivity contribution in [1.29, 1.82) is 0 Å². The predicted molar refractivity (Wildman–Crippen MR) is 78.0 cm³/mol. The number of hydrogen-bond acceptors (Lipinski definition) is 3. The fraction of sp³-hybridized carbons (Fsp3) is 0.286. The summed E-state index contributed by atoms with van der Waals surface area (Å²) >= 11 is 6.21. The SMILES string of the molecule is CN1CCN(c2c(Cl)cccc2/C=C/C(=O)O)CC1=O. The quantitative estimate of drug-likeness (QED) is 0.862. The van der Waals surface area contributed by atoms with Crippen molar-refractivity contribution in [2.45, 2.75) is 0 Å². The predicted octanol–water partition coefficient (Wildman–Crippen LogP) is 1.72. The number of hydrogen-bond donors (Lipinski definition) is 1. The van der Waals surface area contributed by atoms with Crippen LogP contribution >= 0.6 is 11.6 Å². The Hall–Kier alpha value is -2.01. The molecule has 0 atom stereocenters. The second-order valence-electron chi connectivity index (χ2n) is 4.59. The molecule has 0 bridgehead atoms. The van der Waals surface area contributed by atoms with Gasteiger partial charge in [0.05, 0.1) is 17.3 Å². The smallest absolute Gasteiger partial charge is 0.328 e. The number of carbonyl (C=O) groups excluding carboxylic acids is 1. The summed E-state index contributed by atoms with van der Waals surface area (Å²) in [5.74, 6) is -1.00. The standard InChI is InChI=1S/C14H15ClN2O3/c1-16-7-8-17(9-12(16)18)14-10(5-6-13(19)20)3-2-4-11(14)15/h2-6H,7-9H2,1H3,(H,19,20)/b6-5+. The molecule has 20 heavy (non-hydrogen) atoms. The van der Waals surface area contributed by atoms with Gasteiger partial charge >= 0.3 is 5.97 Å². The van der Waals surface area contributed by atoms with E-state index in [1.807, 2.05) is 4.90 Å². The van der Waals surface area contributed by atoms with Crippen molar-refractivity contribution in [3.05, 3.63) is 34.9 Å². The van der Waals surface area contributed by atoms with Gasteiger partial charge in [-0.2, -0.15) is 0 Å². The molecule has 0 spiro atoms. The monoisotopic (exact) mass is 294 g/mol. The highest BCUT2D eigenvalue weighted by Gasteiger charge is 2.23. The van der Waals surface area contributed by atoms with Crippen LogP contribution in [0.15, 0.2) is 24.3 Å². The summed E-state index contributed by atoms with van der Waals surface area (Å²) in [5, 5.41) is 9.24. The zero-order valence-electron chi connectivity index (χ0n) is 11.0. The van der Waals surface area contributed by atoms with Crippen LogP contribution in [0.2, 0.25) is 5.02 Å². The number of rotatable bonds is 3. The second kappa shape index (κ2) is 5.96. The summed E-state index contributed by atoms with van der Waals surface area (Å²) in [4.78, 5) is 26.0. The van der Waals surface area contributed by atoms with Gasteiger partial charge in [0.25, 0.3) is 0 Å². The van der Waals surface area contributed by atoms with Crippen LogP contribution in [0.1, 0.15) is 5.56 Å². The molecular weight excluding hydrogens is 280 g/mol. The topological polar surface area (TPSA) is 60.9 Å². The number of nitrogens with zero attached hydrogens (tertiary/aromatic N) is 2. The molecule has 1 fully saturated rings. The van der Waals surface area contributed by atoms with E-state index < -0.39 is 5.97 Å². The summed E-state index contributed by atoms with van der Waals surface area (Å²) in [6, 6.07) is 5.27. The van der Waals surface area contributed by atoms with Gasteiger partial charge < -0.3 is 14.9 Å². The summed E-state index contributed by atoms with van der Waals surface area (Å²) in [5.41, 5.74) is 1.39. The summed E-state index contributed by atoms with van der Waals surface area (Å²) in [6.07, 6.45) is 2.55. The van der Waals surface area contributed by atoms with Gasteiger partial charge in [-0.25, -0.2) is 4.79 Å². The molecule has 0 aliphatic carbocycles. The van der Waals surface area contributed by atoms with Crippen LogP contribution in [-0.4, -0.2) is 48.6 Å². The Bertz CT molecular complexity index is 572. The number of benzene rings is 1. The van der Waals surface area contributed by atoms with E-state index in [2.05, 4.69) is 0 Å². The van der Waals surface area contributed by atoms with Crippen molar-refractivity contribution < 1.29 is 14.7 Å². The lowest BCUT2D eigenvalue weighted by atomic mass is 10.1. The fourth-order valence-corrected chi connectivity index (χ4v) is 2.41. The van der Waals surface area contributed by atoms with E-state index in [1.165, 1.54) is 6.08 Å². The number of likely N-dealkylation sites (N-methyl/N-ethyl adjacent to an activating group) is 1. The van der Waals surface area contributed by atoms with Crippen molar-refractivity contribution >= 4 is 35.2 Å². The van der Waals surface area contributed by atoms with Gasteiger partial charge in [0.1, 0.15) is 0 Å². The number of halogens is 1. The van der Waals surface area contributed by atoms with Crippen LogP contribution in [0.25, 0.3) is 6.08 Å². The van der Waals surface area contributed by atoms with Gasteiger partial charge in [0.15, 0.2) is 0 Å². The van der Waals surface area contributed by atoms with Gasteiger partial charge in [0.2, 0.25) is 5.91 Å². The molecule has 1 N–H and O–H groups in total. The zero-order chi connectivity index (χ0) is 14.7. The third-order valence-corrected chi connectivity index (χ3v) is 3.50. The maximum Gasteiger partial charge on any atom is 0.328 e. The van der Waals surface area contributed by atoms with Crippen molar-refractivity contribution in [1.82, 2.24) is 4.90 Å². The summed E-state index contributed by atoms with van der Waals surface area (Å²) in [7, 11) is 1.76. The highest BCUT2D eigenvalue weighted by atomic mass is 35.5. The molecule has 5 nitrogen and oxygen atoms in total. The van der Waals surface area contributed by atoms with Gasteiger partial charge in [-0.05, 0) is 17.7 Å². The highest BCUT2D eigenvalue weighted by Crippen LogP contribution is 2.31. The van der Waals surface area contributed by atoms with Crippen molar-refractivity contribution in [2.24, 2.45) is 0 Å². The maximum absolute atomic E-state index is 11.8. The molecule has 0 saturated carbocycles. The number of amides is 1. The molecule has 1 heterocycles. The lowest BCUT2D eigenvalue weighted by molar-refractivity contribution is -0.131. The zero-order valence-corrected chi connectivity index (χ0v) is 11.8. The van der Waals surface area contributed by atoms with Crippen LogP contribution in [-0.2, 0) is 9.59 Å².